The van der Waals surface area contributed by atoms with E-state index in [2.05, 4.69) is 5.32 Å². The number of hydrogen-bond acceptors (Lipinski definition) is 4. The molecule has 18 heavy (non-hydrogen) atoms. The number of rotatable bonds is 2. The number of halogens is 1. The molecule has 2 rings (SSSR count). The third-order valence-corrected chi connectivity index (χ3v) is 4.64. The lowest BCUT2D eigenvalue weighted by Gasteiger charge is -2.11. The zero-order valence-corrected chi connectivity index (χ0v) is 10.3. The number of sulfone groups is 1. The lowest BCUT2D eigenvalue weighted by molar-refractivity contribution is -0.119. The Balaban J connectivity index is 2.10. The fraction of sp³-hybridized carbons (Fsp3) is 0.364. The second kappa shape index (κ2) is 4.56. The summed E-state index contributed by atoms with van der Waals surface area (Å²) in [4.78, 5) is 11.8. The summed E-state index contributed by atoms with van der Waals surface area (Å²) in [5.74, 6) is -1.68. The van der Waals surface area contributed by atoms with Crippen molar-refractivity contribution in [1.29, 1.82) is 0 Å². The van der Waals surface area contributed by atoms with Crippen LogP contribution in [0.1, 0.15) is 6.42 Å². The highest BCUT2D eigenvalue weighted by molar-refractivity contribution is 7.91. The number of nitrogens with two attached hydrogens (primary N) is 1. The van der Waals surface area contributed by atoms with Crippen molar-refractivity contribution in [3.8, 4) is 0 Å². The lowest BCUT2D eigenvalue weighted by atomic mass is 10.1. The van der Waals surface area contributed by atoms with E-state index in [9.17, 15) is 17.6 Å². The standard InChI is InChI=1S/C11H13FN2O3S/c12-8-1-2-9(13)10(5-8)14-11(15)7-3-4-18(16,17)6-7/h1-2,5,7H,3-4,6,13H2,(H,14,15). The minimum atomic E-state index is -3.12. The summed E-state index contributed by atoms with van der Waals surface area (Å²) in [5, 5.41) is 2.46. The van der Waals surface area contributed by atoms with Crippen molar-refractivity contribution >= 4 is 27.1 Å². The molecule has 1 atom stereocenters. The van der Waals surface area contributed by atoms with Crippen LogP contribution in [0.3, 0.4) is 0 Å². The molecule has 98 valence electrons. The van der Waals surface area contributed by atoms with Gasteiger partial charge in [-0.2, -0.15) is 0 Å². The molecular formula is C11H13FN2O3S. The van der Waals surface area contributed by atoms with Crippen molar-refractivity contribution in [1.82, 2.24) is 0 Å². The van der Waals surface area contributed by atoms with Crippen LogP contribution >= 0.6 is 0 Å². The third-order valence-electron chi connectivity index (χ3n) is 2.88. The number of amides is 1. The van der Waals surface area contributed by atoms with Crippen molar-refractivity contribution in [2.75, 3.05) is 22.6 Å². The number of anilines is 2. The molecule has 7 heteroatoms. The molecule has 1 amide bonds. The summed E-state index contributed by atoms with van der Waals surface area (Å²) in [7, 11) is -3.12. The Morgan fingerprint density at radius 1 is 1.44 bits per heavy atom. The first kappa shape index (κ1) is 12.8. The van der Waals surface area contributed by atoms with Crippen LogP contribution in [0.4, 0.5) is 15.8 Å². The molecule has 1 saturated heterocycles. The number of benzene rings is 1. The predicted molar refractivity (Wildman–Crippen MR) is 66.2 cm³/mol. The molecule has 0 aromatic heterocycles. The van der Waals surface area contributed by atoms with Gasteiger partial charge in [-0.25, -0.2) is 12.8 Å². The second-order valence-corrected chi connectivity index (χ2v) is 6.55. The van der Waals surface area contributed by atoms with Crippen molar-refractivity contribution in [2.45, 2.75) is 6.42 Å². The van der Waals surface area contributed by atoms with Crippen LogP contribution in [-0.4, -0.2) is 25.8 Å². The maximum absolute atomic E-state index is 13.0. The number of hydrogen-bond donors (Lipinski definition) is 2. The van der Waals surface area contributed by atoms with Gasteiger partial charge in [-0.05, 0) is 24.6 Å². The van der Waals surface area contributed by atoms with Crippen molar-refractivity contribution in [2.24, 2.45) is 5.92 Å². The Hall–Kier alpha value is -1.63. The molecule has 1 unspecified atom stereocenters. The van der Waals surface area contributed by atoms with Crippen LogP contribution in [0.15, 0.2) is 18.2 Å². The summed E-state index contributed by atoms with van der Waals surface area (Å²) in [5.41, 5.74) is 6.00. The molecule has 0 bridgehead atoms. The van der Waals surface area contributed by atoms with Gasteiger partial charge in [0.05, 0.1) is 28.8 Å². The van der Waals surface area contributed by atoms with Gasteiger partial charge in [0.2, 0.25) is 5.91 Å². The normalized spacial score (nSPS) is 21.7. The number of carbonyl (C=O) groups excluding carboxylic acids is 1. The number of nitrogen functional groups attached to an aromatic ring is 1. The summed E-state index contributed by atoms with van der Waals surface area (Å²) in [6, 6.07) is 3.64. The van der Waals surface area contributed by atoms with E-state index < -0.39 is 27.5 Å². The SMILES string of the molecule is Nc1ccc(F)cc1NC(=O)C1CCS(=O)(=O)C1. The van der Waals surface area contributed by atoms with E-state index in [-0.39, 0.29) is 22.9 Å². The van der Waals surface area contributed by atoms with Gasteiger partial charge in [0.25, 0.3) is 0 Å². The second-order valence-electron chi connectivity index (χ2n) is 4.32. The van der Waals surface area contributed by atoms with Crippen LogP contribution in [0.5, 0.6) is 0 Å². The van der Waals surface area contributed by atoms with E-state index in [1.807, 2.05) is 0 Å². The maximum Gasteiger partial charge on any atom is 0.228 e. The lowest BCUT2D eigenvalue weighted by Crippen LogP contribution is -2.24. The Labute approximate surface area is 104 Å². The van der Waals surface area contributed by atoms with Crippen molar-refractivity contribution in [3.63, 3.8) is 0 Å². The van der Waals surface area contributed by atoms with Gasteiger partial charge in [0, 0.05) is 0 Å². The first-order valence-electron chi connectivity index (χ1n) is 5.44. The van der Waals surface area contributed by atoms with Crippen LogP contribution in [0, 0.1) is 11.7 Å². The fourth-order valence-electron chi connectivity index (χ4n) is 1.87. The average Bonchev–Trinajstić information content (AvgIpc) is 2.64. The highest BCUT2D eigenvalue weighted by Gasteiger charge is 2.33. The van der Waals surface area contributed by atoms with Gasteiger partial charge >= 0.3 is 0 Å². The van der Waals surface area contributed by atoms with Gasteiger partial charge in [0.1, 0.15) is 5.82 Å². The van der Waals surface area contributed by atoms with E-state index in [1.54, 1.807) is 0 Å². The summed E-state index contributed by atoms with van der Waals surface area (Å²) in [6.45, 7) is 0. The molecule has 0 saturated carbocycles. The highest BCUT2D eigenvalue weighted by Crippen LogP contribution is 2.23. The van der Waals surface area contributed by atoms with E-state index in [1.165, 1.54) is 12.1 Å². The number of carbonyl (C=O) groups is 1. The molecule has 0 aliphatic carbocycles. The Morgan fingerprint density at radius 2 is 2.17 bits per heavy atom. The zero-order valence-electron chi connectivity index (χ0n) is 9.52. The first-order valence-corrected chi connectivity index (χ1v) is 7.26. The smallest absolute Gasteiger partial charge is 0.228 e. The molecular weight excluding hydrogens is 259 g/mol. The minimum absolute atomic E-state index is 0.0176. The van der Waals surface area contributed by atoms with Gasteiger partial charge < -0.3 is 11.1 Å². The topological polar surface area (TPSA) is 89.3 Å². The number of nitrogens with one attached hydrogen (secondary N) is 1. The molecule has 0 spiro atoms. The van der Waals surface area contributed by atoms with Gasteiger partial charge in [-0.15, -0.1) is 0 Å². The predicted octanol–water partition coefficient (Wildman–Crippen LogP) is 0.781. The summed E-state index contributed by atoms with van der Waals surface area (Å²) >= 11 is 0. The van der Waals surface area contributed by atoms with Crippen LogP contribution in [-0.2, 0) is 14.6 Å². The largest absolute Gasteiger partial charge is 0.397 e. The van der Waals surface area contributed by atoms with Crippen LogP contribution in [0.25, 0.3) is 0 Å². The molecule has 1 fully saturated rings. The van der Waals surface area contributed by atoms with E-state index in [4.69, 9.17) is 5.73 Å². The molecule has 0 radical (unpaired) electrons. The van der Waals surface area contributed by atoms with Gasteiger partial charge in [-0.3, -0.25) is 4.79 Å². The molecule has 5 nitrogen and oxygen atoms in total. The van der Waals surface area contributed by atoms with Crippen LogP contribution < -0.4 is 11.1 Å². The summed E-state index contributed by atoms with van der Waals surface area (Å²) < 4.78 is 35.5. The van der Waals surface area contributed by atoms with Gasteiger partial charge in [-0.1, -0.05) is 0 Å². The monoisotopic (exact) mass is 272 g/mol. The molecule has 1 aromatic carbocycles. The molecule has 3 N–H and O–H groups in total. The maximum atomic E-state index is 13.0. The van der Waals surface area contributed by atoms with E-state index in [0.29, 0.717) is 6.42 Å². The van der Waals surface area contributed by atoms with Crippen LogP contribution in [0.2, 0.25) is 0 Å². The molecule has 1 aliphatic heterocycles. The average molecular weight is 272 g/mol. The first-order chi connectivity index (χ1) is 8.37. The Bertz CT molecular complexity index is 586. The van der Waals surface area contributed by atoms with E-state index >= 15 is 0 Å². The quantitative estimate of drug-likeness (QED) is 0.779. The van der Waals surface area contributed by atoms with E-state index in [0.717, 1.165) is 6.07 Å². The highest BCUT2D eigenvalue weighted by atomic mass is 32.2. The molecule has 1 aromatic rings. The van der Waals surface area contributed by atoms with Crippen molar-refractivity contribution < 1.29 is 17.6 Å². The minimum Gasteiger partial charge on any atom is -0.397 e. The molecule has 1 heterocycles. The fourth-order valence-corrected chi connectivity index (χ4v) is 3.61. The summed E-state index contributed by atoms with van der Waals surface area (Å²) in [6.07, 6.45) is 0.295. The van der Waals surface area contributed by atoms with Gasteiger partial charge in [0.15, 0.2) is 9.84 Å². The Kier molecular flexibility index (Phi) is 3.25. The molecule has 1 aliphatic rings. The Morgan fingerprint density at radius 3 is 2.78 bits per heavy atom. The van der Waals surface area contributed by atoms with Crippen molar-refractivity contribution in [3.05, 3.63) is 24.0 Å². The third kappa shape index (κ3) is 2.79. The zero-order chi connectivity index (χ0) is 13.3.